The highest BCUT2D eigenvalue weighted by molar-refractivity contribution is 9.10. The summed E-state index contributed by atoms with van der Waals surface area (Å²) in [6.07, 6.45) is 4.98. The van der Waals surface area contributed by atoms with Gasteiger partial charge < -0.3 is 14.4 Å². The smallest absolute Gasteiger partial charge is 0.290 e. The second-order valence-electron chi connectivity index (χ2n) is 8.20. The highest BCUT2D eigenvalue weighted by Gasteiger charge is 2.47. The van der Waals surface area contributed by atoms with E-state index in [1.165, 1.54) is 0 Å². The molecule has 1 saturated carbocycles. The largest absolute Gasteiger partial charge is 0.503 e. The Hall–Kier alpha value is -2.86. The average Bonchev–Trinajstić information content (AvgIpc) is 3.33. The number of hydrogen-bond acceptors (Lipinski definition) is 4. The first-order valence-electron chi connectivity index (χ1n) is 10.6. The number of furan rings is 1. The van der Waals surface area contributed by atoms with Crippen molar-refractivity contribution in [3.8, 4) is 0 Å². The normalized spacial score (nSPS) is 20.1. The summed E-state index contributed by atoms with van der Waals surface area (Å²) in [4.78, 5) is 28.5. The van der Waals surface area contributed by atoms with Crippen molar-refractivity contribution in [1.29, 1.82) is 0 Å². The lowest BCUT2D eigenvalue weighted by atomic mass is 9.90. The maximum atomic E-state index is 13.6. The lowest BCUT2D eigenvalue weighted by Gasteiger charge is -2.36. The van der Waals surface area contributed by atoms with Crippen LogP contribution in [0.1, 0.15) is 54.3 Å². The average molecular weight is 480 g/mol. The number of carbonyl (C=O) groups is 2. The summed E-state index contributed by atoms with van der Waals surface area (Å²) in [6, 6.07) is 16.0. The molecule has 3 aromatic rings. The van der Waals surface area contributed by atoms with Crippen LogP contribution in [-0.2, 0) is 4.79 Å². The van der Waals surface area contributed by atoms with Gasteiger partial charge in [-0.25, -0.2) is 0 Å². The first kappa shape index (κ1) is 20.1. The quantitative estimate of drug-likeness (QED) is 0.458. The third-order valence-corrected chi connectivity index (χ3v) is 6.77. The van der Waals surface area contributed by atoms with Gasteiger partial charge in [0.05, 0.1) is 11.6 Å². The van der Waals surface area contributed by atoms with Gasteiger partial charge in [0.2, 0.25) is 5.78 Å². The van der Waals surface area contributed by atoms with Crippen LogP contribution in [0.15, 0.2) is 74.8 Å². The molecule has 5 nitrogen and oxygen atoms in total. The Balaban J connectivity index is 1.60. The van der Waals surface area contributed by atoms with Crippen molar-refractivity contribution in [3.63, 3.8) is 0 Å². The number of aliphatic hydroxyl groups is 1. The van der Waals surface area contributed by atoms with E-state index in [0.29, 0.717) is 5.58 Å². The number of fused-ring (bicyclic) bond motifs is 1. The van der Waals surface area contributed by atoms with Crippen molar-refractivity contribution < 1.29 is 19.1 Å². The summed E-state index contributed by atoms with van der Waals surface area (Å²) in [5, 5.41) is 11.6. The van der Waals surface area contributed by atoms with Crippen molar-refractivity contribution in [2.75, 3.05) is 0 Å². The SMILES string of the molecule is O=C(C1=C(O)C(=O)N(C2CCCCC2)C1c1ccccc1)c1cc2cc(Br)ccc2o1. The van der Waals surface area contributed by atoms with Crippen molar-refractivity contribution >= 4 is 38.6 Å². The third-order valence-electron chi connectivity index (χ3n) is 6.27. The number of ketones is 1. The molecule has 1 unspecified atom stereocenters. The van der Waals surface area contributed by atoms with E-state index in [9.17, 15) is 14.7 Å². The predicted octanol–water partition coefficient (Wildman–Crippen LogP) is 6.11. The van der Waals surface area contributed by atoms with Gasteiger partial charge in [-0.3, -0.25) is 9.59 Å². The van der Waals surface area contributed by atoms with E-state index >= 15 is 0 Å². The molecule has 0 saturated heterocycles. The molecule has 6 heteroatoms. The Kier molecular flexibility index (Phi) is 5.18. The monoisotopic (exact) mass is 479 g/mol. The highest BCUT2D eigenvalue weighted by atomic mass is 79.9. The second kappa shape index (κ2) is 8.00. The summed E-state index contributed by atoms with van der Waals surface area (Å²) in [5.41, 5.74) is 1.49. The van der Waals surface area contributed by atoms with E-state index in [4.69, 9.17) is 4.42 Å². The molecule has 1 atom stereocenters. The second-order valence-corrected chi connectivity index (χ2v) is 9.12. The highest BCUT2D eigenvalue weighted by Crippen LogP contribution is 2.43. The van der Waals surface area contributed by atoms with Gasteiger partial charge in [0, 0.05) is 15.9 Å². The van der Waals surface area contributed by atoms with Crippen LogP contribution < -0.4 is 0 Å². The Bertz CT molecular complexity index is 1190. The number of aliphatic hydroxyl groups excluding tert-OH is 1. The molecule has 158 valence electrons. The summed E-state index contributed by atoms with van der Waals surface area (Å²) in [7, 11) is 0. The molecule has 1 aromatic heterocycles. The van der Waals surface area contributed by atoms with E-state index in [1.807, 2.05) is 42.5 Å². The van der Waals surface area contributed by atoms with Gasteiger partial charge in [0.1, 0.15) is 5.58 Å². The minimum absolute atomic E-state index is 0.00512. The van der Waals surface area contributed by atoms with Gasteiger partial charge >= 0.3 is 0 Å². The lowest BCUT2D eigenvalue weighted by Crippen LogP contribution is -2.41. The van der Waals surface area contributed by atoms with Gasteiger partial charge in [-0.1, -0.05) is 65.5 Å². The number of rotatable bonds is 4. The Labute approximate surface area is 188 Å². The Morgan fingerprint density at radius 3 is 2.52 bits per heavy atom. The van der Waals surface area contributed by atoms with E-state index in [-0.39, 0.29) is 17.4 Å². The third kappa shape index (κ3) is 3.49. The summed E-state index contributed by atoms with van der Waals surface area (Å²) < 4.78 is 6.68. The molecule has 1 fully saturated rings. The molecular formula is C25H22BrNO4. The van der Waals surface area contributed by atoms with Crippen LogP contribution >= 0.6 is 15.9 Å². The number of benzene rings is 2. The van der Waals surface area contributed by atoms with Crippen molar-refractivity contribution in [3.05, 3.63) is 81.7 Å². The van der Waals surface area contributed by atoms with Crippen LogP contribution in [-0.4, -0.2) is 27.7 Å². The summed E-state index contributed by atoms with van der Waals surface area (Å²) in [5.74, 6) is -1.27. The zero-order valence-electron chi connectivity index (χ0n) is 16.9. The standard InChI is InChI=1S/C25H22BrNO4/c26-17-11-12-19-16(13-17)14-20(31-19)23(28)21-22(15-7-3-1-4-8-15)27(25(30)24(21)29)18-9-5-2-6-10-18/h1,3-4,7-8,11-14,18,22,29H,2,5-6,9-10H2. The van der Waals surface area contributed by atoms with Crippen LogP contribution in [0.25, 0.3) is 11.0 Å². The first-order chi connectivity index (χ1) is 15.0. The fourth-order valence-corrected chi connectivity index (χ4v) is 5.19. The minimum atomic E-state index is -0.621. The molecule has 1 amide bonds. The van der Waals surface area contributed by atoms with Gasteiger partial charge in [-0.15, -0.1) is 0 Å². The molecule has 1 N–H and O–H groups in total. The molecule has 1 aliphatic heterocycles. The summed E-state index contributed by atoms with van der Waals surface area (Å²) in [6.45, 7) is 0. The molecule has 5 rings (SSSR count). The van der Waals surface area contributed by atoms with Gasteiger partial charge in [0.25, 0.3) is 5.91 Å². The number of carbonyl (C=O) groups excluding carboxylic acids is 2. The lowest BCUT2D eigenvalue weighted by molar-refractivity contribution is -0.132. The fraction of sp³-hybridized carbons (Fsp3) is 0.280. The zero-order chi connectivity index (χ0) is 21.5. The Morgan fingerprint density at radius 2 is 1.77 bits per heavy atom. The van der Waals surface area contributed by atoms with Crippen molar-refractivity contribution in [2.45, 2.75) is 44.2 Å². The molecule has 31 heavy (non-hydrogen) atoms. The van der Waals surface area contributed by atoms with Crippen molar-refractivity contribution in [1.82, 2.24) is 4.90 Å². The van der Waals surface area contributed by atoms with E-state index in [0.717, 1.165) is 47.5 Å². The predicted molar refractivity (Wildman–Crippen MR) is 121 cm³/mol. The van der Waals surface area contributed by atoms with E-state index in [2.05, 4.69) is 15.9 Å². The zero-order valence-corrected chi connectivity index (χ0v) is 18.5. The molecule has 2 heterocycles. The van der Waals surface area contributed by atoms with E-state index < -0.39 is 23.5 Å². The first-order valence-corrected chi connectivity index (χ1v) is 11.4. The van der Waals surface area contributed by atoms with Crippen LogP contribution in [0.5, 0.6) is 0 Å². The number of amides is 1. The molecule has 2 aromatic carbocycles. The maximum absolute atomic E-state index is 13.6. The van der Waals surface area contributed by atoms with Crippen LogP contribution in [0.3, 0.4) is 0 Å². The molecule has 0 spiro atoms. The molecule has 2 aliphatic rings. The Morgan fingerprint density at radius 1 is 1.03 bits per heavy atom. The van der Waals surface area contributed by atoms with Crippen LogP contribution in [0.4, 0.5) is 0 Å². The topological polar surface area (TPSA) is 70.8 Å². The van der Waals surface area contributed by atoms with Crippen molar-refractivity contribution in [2.24, 2.45) is 0 Å². The van der Waals surface area contributed by atoms with Crippen LogP contribution in [0.2, 0.25) is 0 Å². The number of Topliss-reactive ketones (excluding diaryl/α,β-unsaturated/α-hetero) is 1. The molecular weight excluding hydrogens is 458 g/mol. The van der Waals surface area contributed by atoms with Gasteiger partial charge in [0.15, 0.2) is 11.5 Å². The fourth-order valence-electron chi connectivity index (χ4n) is 4.81. The van der Waals surface area contributed by atoms with Crippen LogP contribution in [0, 0.1) is 0 Å². The van der Waals surface area contributed by atoms with Gasteiger partial charge in [-0.2, -0.15) is 0 Å². The minimum Gasteiger partial charge on any atom is -0.503 e. The number of halogens is 1. The molecule has 0 bridgehead atoms. The summed E-state index contributed by atoms with van der Waals surface area (Å²) >= 11 is 3.43. The number of nitrogens with zero attached hydrogens (tertiary/aromatic N) is 1. The van der Waals surface area contributed by atoms with E-state index in [1.54, 1.807) is 17.0 Å². The number of hydrogen-bond donors (Lipinski definition) is 1. The molecule has 1 aliphatic carbocycles. The molecule has 0 radical (unpaired) electrons. The maximum Gasteiger partial charge on any atom is 0.290 e. The van der Waals surface area contributed by atoms with Gasteiger partial charge in [-0.05, 0) is 42.7 Å².